The summed E-state index contributed by atoms with van der Waals surface area (Å²) in [7, 11) is 0. The highest BCUT2D eigenvalue weighted by molar-refractivity contribution is 6.30. The normalized spacial score (nSPS) is 17.4. The molecule has 1 aliphatic heterocycles. The molecular weight excluding hydrogens is 505 g/mol. The summed E-state index contributed by atoms with van der Waals surface area (Å²) in [5, 5.41) is 17.0. The van der Waals surface area contributed by atoms with Crippen molar-refractivity contribution in [3.05, 3.63) is 64.6 Å². The first kappa shape index (κ1) is 26.6. The monoisotopic (exact) mass is 531 g/mol. The lowest BCUT2D eigenvalue weighted by atomic mass is 10.0. The molecule has 1 atom stereocenters. The number of nitrogens with two attached hydrogens (primary N) is 1. The minimum atomic E-state index is -2.26. The van der Waals surface area contributed by atoms with Gasteiger partial charge in [0.25, 0.3) is 17.7 Å². The Labute approximate surface area is 216 Å². The molecule has 1 aromatic heterocycles. The Morgan fingerprint density at radius 1 is 1.19 bits per heavy atom. The molecule has 1 saturated heterocycles. The van der Waals surface area contributed by atoms with E-state index in [-0.39, 0.29) is 30.4 Å². The Morgan fingerprint density at radius 2 is 2.00 bits per heavy atom. The number of nitrogens with one attached hydrogen (secondary N) is 3. The Morgan fingerprint density at radius 3 is 2.76 bits per heavy atom. The second-order valence-corrected chi connectivity index (χ2v) is 9.08. The van der Waals surface area contributed by atoms with Gasteiger partial charge in [0.1, 0.15) is 11.5 Å². The number of nitrogens with zero attached hydrogens (tertiary/aromatic N) is 1. The van der Waals surface area contributed by atoms with Gasteiger partial charge in [-0.15, -0.1) is 0 Å². The molecule has 3 aromatic rings. The van der Waals surface area contributed by atoms with Crippen molar-refractivity contribution in [1.29, 1.82) is 0 Å². The highest BCUT2D eigenvalue weighted by Gasteiger charge is 2.51. The van der Waals surface area contributed by atoms with Gasteiger partial charge in [0.2, 0.25) is 5.60 Å². The molecule has 12 heteroatoms. The predicted octanol–water partition coefficient (Wildman–Crippen LogP) is 1.45. The molecule has 37 heavy (non-hydrogen) atoms. The van der Waals surface area contributed by atoms with Crippen molar-refractivity contribution in [2.45, 2.75) is 18.6 Å². The van der Waals surface area contributed by atoms with E-state index in [1.807, 2.05) is 0 Å². The molecule has 10 nitrogen and oxygen atoms in total. The third kappa shape index (κ3) is 5.91. The molecule has 1 aliphatic rings. The number of anilines is 1. The van der Waals surface area contributed by atoms with E-state index in [1.54, 1.807) is 24.3 Å². The second-order valence-electron chi connectivity index (χ2n) is 8.64. The van der Waals surface area contributed by atoms with E-state index in [0.29, 0.717) is 54.2 Å². The maximum atomic E-state index is 13.5. The third-order valence-corrected chi connectivity index (χ3v) is 6.22. The summed E-state index contributed by atoms with van der Waals surface area (Å²) in [4.78, 5) is 42.6. The van der Waals surface area contributed by atoms with Crippen LogP contribution in [0.1, 0.15) is 22.5 Å². The number of H-pyrrole nitrogens is 1. The molecule has 1 fully saturated rings. The quantitative estimate of drug-likeness (QED) is 0.197. The Bertz CT molecular complexity index is 1310. The topological polar surface area (TPSA) is 150 Å². The van der Waals surface area contributed by atoms with Gasteiger partial charge >= 0.3 is 0 Å². The molecule has 0 aliphatic carbocycles. The van der Waals surface area contributed by atoms with Gasteiger partial charge in [-0.25, -0.2) is 4.39 Å². The van der Waals surface area contributed by atoms with Crippen LogP contribution in [0.25, 0.3) is 10.9 Å². The van der Waals surface area contributed by atoms with Crippen LogP contribution in [0.2, 0.25) is 5.02 Å². The number of benzene rings is 2. The van der Waals surface area contributed by atoms with Gasteiger partial charge in [0, 0.05) is 54.2 Å². The number of ether oxygens (including phenoxy) is 1. The molecule has 3 amide bonds. The number of amides is 3. The molecule has 2 heterocycles. The van der Waals surface area contributed by atoms with Crippen molar-refractivity contribution in [2.24, 2.45) is 5.73 Å². The first-order chi connectivity index (χ1) is 17.7. The number of hydrogen-bond donors (Lipinski definition) is 5. The summed E-state index contributed by atoms with van der Waals surface area (Å²) in [5.74, 6) is -2.52. The average molecular weight is 532 g/mol. The molecule has 6 N–H and O–H groups in total. The molecule has 4 rings (SSSR count). The fraction of sp³-hybridized carbons (Fsp3) is 0.320. The third-order valence-electron chi connectivity index (χ3n) is 6.00. The predicted molar refractivity (Wildman–Crippen MR) is 136 cm³/mol. The second kappa shape index (κ2) is 11.3. The summed E-state index contributed by atoms with van der Waals surface area (Å²) < 4.78 is 18.8. The number of rotatable bonds is 10. The Hall–Kier alpha value is -3.51. The summed E-state index contributed by atoms with van der Waals surface area (Å²) in [5.41, 5.74) is 4.98. The lowest BCUT2D eigenvalue weighted by molar-refractivity contribution is -0.149. The van der Waals surface area contributed by atoms with Crippen LogP contribution in [-0.2, 0) is 20.9 Å². The zero-order chi connectivity index (χ0) is 26.6. The summed E-state index contributed by atoms with van der Waals surface area (Å²) >= 11 is 5.83. The van der Waals surface area contributed by atoms with Crippen molar-refractivity contribution < 1.29 is 28.6 Å². The first-order valence-corrected chi connectivity index (χ1v) is 12.1. The van der Waals surface area contributed by atoms with Gasteiger partial charge in [-0.1, -0.05) is 11.6 Å². The van der Waals surface area contributed by atoms with Crippen molar-refractivity contribution in [1.82, 2.24) is 15.6 Å². The van der Waals surface area contributed by atoms with E-state index >= 15 is 0 Å². The summed E-state index contributed by atoms with van der Waals surface area (Å²) in [6, 6.07) is 10.5. The SMILES string of the molecule is NCCOCCNC(=O)c1cc2cc(N3CCC(O)(C(=O)NCc4cc(F)cc(Cl)c4)C3=O)ccc2[nH]1. The number of hydrogen-bond acceptors (Lipinski definition) is 6. The zero-order valence-electron chi connectivity index (χ0n) is 19.9. The number of carbonyl (C=O) groups is 3. The molecule has 2 aromatic carbocycles. The number of aliphatic hydroxyl groups is 1. The van der Waals surface area contributed by atoms with Crippen LogP contribution in [0.5, 0.6) is 0 Å². The molecule has 196 valence electrons. The Balaban J connectivity index is 1.41. The fourth-order valence-corrected chi connectivity index (χ4v) is 4.38. The average Bonchev–Trinajstić information content (AvgIpc) is 3.43. The number of aromatic amines is 1. The molecule has 0 bridgehead atoms. The van der Waals surface area contributed by atoms with Crippen LogP contribution < -0.4 is 21.3 Å². The van der Waals surface area contributed by atoms with E-state index < -0.39 is 23.2 Å². The minimum Gasteiger partial charge on any atom is -0.378 e. The fourth-order valence-electron chi connectivity index (χ4n) is 4.13. The van der Waals surface area contributed by atoms with Crippen LogP contribution >= 0.6 is 11.6 Å². The first-order valence-electron chi connectivity index (χ1n) is 11.7. The lowest BCUT2D eigenvalue weighted by Gasteiger charge is -2.22. The smallest absolute Gasteiger partial charge is 0.268 e. The largest absolute Gasteiger partial charge is 0.378 e. The van der Waals surface area contributed by atoms with Crippen molar-refractivity contribution in [3.63, 3.8) is 0 Å². The van der Waals surface area contributed by atoms with Crippen LogP contribution in [-0.4, -0.2) is 66.3 Å². The van der Waals surface area contributed by atoms with E-state index in [0.717, 1.165) is 6.07 Å². The van der Waals surface area contributed by atoms with Crippen molar-refractivity contribution in [3.8, 4) is 0 Å². The maximum absolute atomic E-state index is 13.5. The lowest BCUT2D eigenvalue weighted by Crippen LogP contribution is -2.52. The van der Waals surface area contributed by atoms with Crippen LogP contribution in [0.3, 0.4) is 0 Å². The van der Waals surface area contributed by atoms with E-state index in [2.05, 4.69) is 15.6 Å². The van der Waals surface area contributed by atoms with Gasteiger partial charge in [0.05, 0.1) is 13.2 Å². The minimum absolute atomic E-state index is 0.106. The number of halogens is 2. The molecular formula is C25H27ClFN5O5. The standard InChI is InChI=1S/C25H27ClFN5O5/c26-17-9-15(10-18(27)13-17)14-30-23(34)25(36)3-6-32(24(25)35)19-1-2-20-16(11-19)12-21(31-20)22(33)29-5-8-37-7-4-28/h1-2,9-13,31,36H,3-8,14,28H2,(H,29,33)(H,30,34). The van der Waals surface area contributed by atoms with Crippen LogP contribution in [0, 0.1) is 5.82 Å². The van der Waals surface area contributed by atoms with Gasteiger partial charge in [-0.05, 0) is 48.0 Å². The van der Waals surface area contributed by atoms with Crippen LogP contribution in [0.15, 0.2) is 42.5 Å². The molecule has 1 unspecified atom stereocenters. The van der Waals surface area contributed by atoms with Gasteiger partial charge in [0.15, 0.2) is 0 Å². The van der Waals surface area contributed by atoms with E-state index in [1.165, 1.54) is 17.0 Å². The summed E-state index contributed by atoms with van der Waals surface area (Å²) in [6.07, 6.45) is -0.118. The number of fused-ring (bicyclic) bond motifs is 1. The zero-order valence-corrected chi connectivity index (χ0v) is 20.6. The van der Waals surface area contributed by atoms with Crippen LogP contribution in [0.4, 0.5) is 10.1 Å². The van der Waals surface area contributed by atoms with E-state index in [9.17, 15) is 23.9 Å². The van der Waals surface area contributed by atoms with Crippen molar-refractivity contribution in [2.75, 3.05) is 37.7 Å². The van der Waals surface area contributed by atoms with Gasteiger partial charge in [-0.3, -0.25) is 14.4 Å². The molecule has 0 radical (unpaired) electrons. The molecule has 0 spiro atoms. The van der Waals surface area contributed by atoms with E-state index in [4.69, 9.17) is 22.1 Å². The Kier molecular flexibility index (Phi) is 8.08. The number of aromatic nitrogens is 1. The maximum Gasteiger partial charge on any atom is 0.268 e. The highest BCUT2D eigenvalue weighted by atomic mass is 35.5. The number of carbonyl (C=O) groups excluding carboxylic acids is 3. The molecule has 0 saturated carbocycles. The van der Waals surface area contributed by atoms with Gasteiger partial charge in [-0.2, -0.15) is 0 Å². The van der Waals surface area contributed by atoms with Gasteiger partial charge < -0.3 is 36.1 Å². The van der Waals surface area contributed by atoms with Crippen molar-refractivity contribution >= 4 is 45.9 Å². The summed E-state index contributed by atoms with van der Waals surface area (Å²) in [6.45, 7) is 1.50. The highest BCUT2D eigenvalue weighted by Crippen LogP contribution is 2.31.